The lowest BCUT2D eigenvalue weighted by atomic mass is 9.85. The highest BCUT2D eigenvalue weighted by atomic mass is 79.9. The SMILES string of the molecule is COCC(C)(C)c1ccc(Br)cc1F. The zero-order chi connectivity index (χ0) is 10.8. The van der Waals surface area contributed by atoms with Crippen molar-refractivity contribution in [3.05, 3.63) is 34.1 Å². The molecule has 0 aliphatic carbocycles. The average Bonchev–Trinajstić information content (AvgIpc) is 2.02. The molecular weight excluding hydrogens is 247 g/mol. The third-order valence-electron chi connectivity index (χ3n) is 2.17. The van der Waals surface area contributed by atoms with E-state index >= 15 is 0 Å². The van der Waals surface area contributed by atoms with Gasteiger partial charge in [0.2, 0.25) is 0 Å². The minimum absolute atomic E-state index is 0.193. The Labute approximate surface area is 92.4 Å². The van der Waals surface area contributed by atoms with Crippen LogP contribution in [0.1, 0.15) is 19.4 Å². The first kappa shape index (κ1) is 11.7. The van der Waals surface area contributed by atoms with Gasteiger partial charge in [0.05, 0.1) is 6.61 Å². The number of rotatable bonds is 3. The highest BCUT2D eigenvalue weighted by Crippen LogP contribution is 2.27. The Kier molecular flexibility index (Phi) is 3.67. The highest BCUT2D eigenvalue weighted by Gasteiger charge is 2.23. The first-order chi connectivity index (χ1) is 6.47. The van der Waals surface area contributed by atoms with E-state index in [1.165, 1.54) is 6.07 Å². The smallest absolute Gasteiger partial charge is 0.128 e. The van der Waals surface area contributed by atoms with E-state index in [9.17, 15) is 4.39 Å². The van der Waals surface area contributed by atoms with E-state index in [-0.39, 0.29) is 11.2 Å². The second kappa shape index (κ2) is 4.41. The maximum absolute atomic E-state index is 13.6. The van der Waals surface area contributed by atoms with E-state index in [0.717, 1.165) is 4.47 Å². The second-order valence-electron chi connectivity index (χ2n) is 3.94. The molecule has 0 spiro atoms. The van der Waals surface area contributed by atoms with Crippen LogP contribution in [0.2, 0.25) is 0 Å². The zero-order valence-corrected chi connectivity index (χ0v) is 10.2. The lowest BCUT2D eigenvalue weighted by Gasteiger charge is -2.24. The third-order valence-corrected chi connectivity index (χ3v) is 2.66. The fourth-order valence-corrected chi connectivity index (χ4v) is 1.81. The van der Waals surface area contributed by atoms with Crippen LogP contribution in [0.4, 0.5) is 4.39 Å². The van der Waals surface area contributed by atoms with Crippen LogP contribution in [0.5, 0.6) is 0 Å². The van der Waals surface area contributed by atoms with E-state index in [4.69, 9.17) is 4.74 Å². The number of halogens is 2. The standard InChI is InChI=1S/C11H14BrFO/c1-11(2,7-14-3)9-5-4-8(12)6-10(9)13/h4-6H,7H2,1-3H3. The second-order valence-corrected chi connectivity index (χ2v) is 4.86. The summed E-state index contributed by atoms with van der Waals surface area (Å²) in [6, 6.07) is 5.11. The molecule has 0 aromatic heterocycles. The molecule has 1 rings (SSSR count). The molecule has 0 saturated carbocycles. The Hall–Kier alpha value is -0.410. The van der Waals surface area contributed by atoms with Crippen molar-refractivity contribution in [3.63, 3.8) is 0 Å². The molecule has 0 amide bonds. The summed E-state index contributed by atoms with van der Waals surface area (Å²) in [5, 5.41) is 0. The van der Waals surface area contributed by atoms with E-state index in [0.29, 0.717) is 12.2 Å². The third kappa shape index (κ3) is 2.55. The first-order valence-corrected chi connectivity index (χ1v) is 5.21. The Morgan fingerprint density at radius 2 is 2.07 bits per heavy atom. The lowest BCUT2D eigenvalue weighted by molar-refractivity contribution is 0.144. The maximum atomic E-state index is 13.6. The van der Waals surface area contributed by atoms with Crippen molar-refractivity contribution in [1.29, 1.82) is 0 Å². The predicted octanol–water partition coefficient (Wildman–Crippen LogP) is 3.51. The molecule has 1 aromatic rings. The molecule has 1 aromatic carbocycles. The van der Waals surface area contributed by atoms with Crippen molar-refractivity contribution in [2.75, 3.05) is 13.7 Å². The fourth-order valence-electron chi connectivity index (χ4n) is 1.48. The fraction of sp³-hybridized carbons (Fsp3) is 0.455. The van der Waals surface area contributed by atoms with Crippen LogP contribution in [-0.4, -0.2) is 13.7 Å². The lowest BCUT2D eigenvalue weighted by Crippen LogP contribution is -2.24. The Balaban J connectivity index is 3.06. The number of ether oxygens (including phenoxy) is 1. The van der Waals surface area contributed by atoms with Crippen LogP contribution < -0.4 is 0 Å². The molecule has 1 nitrogen and oxygen atoms in total. The molecule has 0 radical (unpaired) electrons. The van der Waals surface area contributed by atoms with Gasteiger partial charge in [-0.2, -0.15) is 0 Å². The van der Waals surface area contributed by atoms with Gasteiger partial charge in [-0.25, -0.2) is 4.39 Å². The summed E-state index contributed by atoms with van der Waals surface area (Å²) in [6.07, 6.45) is 0. The van der Waals surface area contributed by atoms with Crippen LogP contribution in [0.3, 0.4) is 0 Å². The van der Waals surface area contributed by atoms with Crippen LogP contribution in [0.25, 0.3) is 0 Å². The molecule has 0 fully saturated rings. The number of methoxy groups -OCH3 is 1. The van der Waals surface area contributed by atoms with Gasteiger partial charge in [0.1, 0.15) is 5.82 Å². The van der Waals surface area contributed by atoms with Gasteiger partial charge in [-0.15, -0.1) is 0 Å². The van der Waals surface area contributed by atoms with Crippen LogP contribution in [-0.2, 0) is 10.2 Å². The van der Waals surface area contributed by atoms with E-state index in [2.05, 4.69) is 15.9 Å². The number of hydrogen-bond donors (Lipinski definition) is 0. The van der Waals surface area contributed by atoms with Gasteiger partial charge in [0.25, 0.3) is 0 Å². The van der Waals surface area contributed by atoms with Crippen molar-refractivity contribution in [2.24, 2.45) is 0 Å². The van der Waals surface area contributed by atoms with Crippen molar-refractivity contribution in [1.82, 2.24) is 0 Å². The van der Waals surface area contributed by atoms with E-state index in [1.54, 1.807) is 13.2 Å². The molecule has 14 heavy (non-hydrogen) atoms. The summed E-state index contributed by atoms with van der Waals surface area (Å²) in [5.74, 6) is -0.193. The van der Waals surface area contributed by atoms with E-state index < -0.39 is 0 Å². The van der Waals surface area contributed by atoms with Gasteiger partial charge in [0.15, 0.2) is 0 Å². The molecule has 0 aliphatic heterocycles. The first-order valence-electron chi connectivity index (χ1n) is 4.42. The van der Waals surface area contributed by atoms with Crippen LogP contribution in [0, 0.1) is 5.82 Å². The summed E-state index contributed by atoms with van der Waals surface area (Å²) in [4.78, 5) is 0. The number of hydrogen-bond acceptors (Lipinski definition) is 1. The van der Waals surface area contributed by atoms with Crippen LogP contribution >= 0.6 is 15.9 Å². The summed E-state index contributed by atoms with van der Waals surface area (Å²) in [6.45, 7) is 4.43. The predicted molar refractivity (Wildman–Crippen MR) is 59.0 cm³/mol. The topological polar surface area (TPSA) is 9.23 Å². The summed E-state index contributed by atoms with van der Waals surface area (Å²) in [7, 11) is 1.62. The molecule has 0 heterocycles. The molecule has 0 aliphatic rings. The zero-order valence-electron chi connectivity index (χ0n) is 8.60. The number of benzene rings is 1. The van der Waals surface area contributed by atoms with Gasteiger partial charge < -0.3 is 4.74 Å². The van der Waals surface area contributed by atoms with Crippen molar-refractivity contribution < 1.29 is 9.13 Å². The molecule has 0 unspecified atom stereocenters. The molecule has 0 saturated heterocycles. The minimum Gasteiger partial charge on any atom is -0.384 e. The largest absolute Gasteiger partial charge is 0.384 e. The Morgan fingerprint density at radius 1 is 1.43 bits per heavy atom. The molecule has 0 bridgehead atoms. The monoisotopic (exact) mass is 260 g/mol. The molecular formula is C11H14BrFO. The summed E-state index contributed by atoms with van der Waals surface area (Å²) >= 11 is 3.23. The molecule has 3 heteroatoms. The van der Waals surface area contributed by atoms with Crippen molar-refractivity contribution in [3.8, 4) is 0 Å². The van der Waals surface area contributed by atoms with Gasteiger partial charge in [0, 0.05) is 17.0 Å². The molecule has 0 N–H and O–H groups in total. The maximum Gasteiger partial charge on any atom is 0.128 e. The van der Waals surface area contributed by atoms with E-state index in [1.807, 2.05) is 19.9 Å². The normalized spacial score (nSPS) is 11.8. The van der Waals surface area contributed by atoms with Gasteiger partial charge in [-0.3, -0.25) is 0 Å². The minimum atomic E-state index is -0.292. The van der Waals surface area contributed by atoms with Gasteiger partial charge in [-0.05, 0) is 17.7 Å². The Bertz CT molecular complexity index is 323. The van der Waals surface area contributed by atoms with Crippen molar-refractivity contribution >= 4 is 15.9 Å². The average molecular weight is 261 g/mol. The van der Waals surface area contributed by atoms with Gasteiger partial charge >= 0.3 is 0 Å². The van der Waals surface area contributed by atoms with Gasteiger partial charge in [-0.1, -0.05) is 35.8 Å². The quantitative estimate of drug-likeness (QED) is 0.809. The summed E-state index contributed by atoms with van der Waals surface area (Å²) < 4.78 is 19.4. The Morgan fingerprint density at radius 3 is 2.57 bits per heavy atom. The molecule has 78 valence electrons. The van der Waals surface area contributed by atoms with Crippen molar-refractivity contribution in [2.45, 2.75) is 19.3 Å². The highest BCUT2D eigenvalue weighted by molar-refractivity contribution is 9.10. The molecule has 0 atom stereocenters. The summed E-state index contributed by atoms with van der Waals surface area (Å²) in [5.41, 5.74) is 0.391. The van der Waals surface area contributed by atoms with Crippen LogP contribution in [0.15, 0.2) is 22.7 Å².